The number of hydrogen-bond donors (Lipinski definition) is 1. The number of nitrogens with zero attached hydrogens (tertiary/aromatic N) is 3. The first-order valence-electron chi connectivity index (χ1n) is 10.1. The van der Waals surface area contributed by atoms with Crippen molar-refractivity contribution in [3.05, 3.63) is 100 Å². The van der Waals surface area contributed by atoms with Crippen LogP contribution in [-0.2, 0) is 9.53 Å². The number of esters is 1. The van der Waals surface area contributed by atoms with Crippen molar-refractivity contribution in [2.75, 3.05) is 6.61 Å². The summed E-state index contributed by atoms with van der Waals surface area (Å²) in [6.45, 7) is 3.38. The van der Waals surface area contributed by atoms with Crippen molar-refractivity contribution in [2.45, 2.75) is 19.9 Å². The summed E-state index contributed by atoms with van der Waals surface area (Å²) < 4.78 is 20.2. The number of para-hydroxylation sites is 1. The van der Waals surface area contributed by atoms with E-state index in [1.165, 1.54) is 47.0 Å². The first-order valence-corrected chi connectivity index (χ1v) is 11.0. The lowest BCUT2D eigenvalue weighted by atomic mass is 9.96. The molecule has 0 saturated heterocycles. The van der Waals surface area contributed by atoms with E-state index < -0.39 is 39.7 Å². The molecule has 0 bridgehead atoms. The molecule has 0 fully saturated rings. The van der Waals surface area contributed by atoms with Crippen LogP contribution in [0.2, 0.25) is 0 Å². The number of hydrogen-bond acceptors (Lipinski definition) is 8. The van der Waals surface area contributed by atoms with Crippen molar-refractivity contribution in [3.63, 3.8) is 0 Å². The Labute approximate surface area is 195 Å². The number of aromatic hydroxyl groups is 1. The monoisotopic (exact) mass is 483 g/mol. The summed E-state index contributed by atoms with van der Waals surface area (Å²) in [5.41, 5.74) is 0.0255. The minimum Gasteiger partial charge on any atom is -0.502 e. The predicted octanol–water partition coefficient (Wildman–Crippen LogP) is 2.55. The lowest BCUT2D eigenvalue weighted by Crippen LogP contribution is -2.39. The van der Waals surface area contributed by atoms with E-state index in [1.54, 1.807) is 13.8 Å². The summed E-state index contributed by atoms with van der Waals surface area (Å²) in [4.78, 5) is 41.4. The van der Waals surface area contributed by atoms with Gasteiger partial charge in [-0.2, -0.15) is 0 Å². The normalized spacial score (nSPS) is 15.6. The van der Waals surface area contributed by atoms with Gasteiger partial charge in [-0.3, -0.25) is 19.5 Å². The highest BCUT2D eigenvalue weighted by molar-refractivity contribution is 7.07. The van der Waals surface area contributed by atoms with Crippen LogP contribution in [0.3, 0.4) is 0 Å². The van der Waals surface area contributed by atoms with Crippen LogP contribution in [0.15, 0.2) is 63.5 Å². The van der Waals surface area contributed by atoms with Crippen LogP contribution in [0.5, 0.6) is 5.75 Å². The van der Waals surface area contributed by atoms with Gasteiger partial charge in [0.1, 0.15) is 5.82 Å². The maximum Gasteiger partial charge on any atom is 0.338 e. The standard InChI is InChI=1S/C23H18FN3O6S/c1-3-33-22(30)18-12(2)25-23-26(19(18)13-7-9-15(24)10-8-13)21(29)17(34-23)11-14-5-4-6-16(20(14)28)27(31)32/h4-11,19,28H,3H2,1-2H3/b17-11+. The van der Waals surface area contributed by atoms with Gasteiger partial charge in [0.05, 0.1) is 33.4 Å². The molecule has 2 heterocycles. The van der Waals surface area contributed by atoms with Gasteiger partial charge in [-0.15, -0.1) is 0 Å². The molecule has 1 unspecified atom stereocenters. The van der Waals surface area contributed by atoms with Gasteiger partial charge in [-0.1, -0.05) is 35.6 Å². The second-order valence-electron chi connectivity index (χ2n) is 7.33. The quantitative estimate of drug-likeness (QED) is 0.338. The summed E-state index contributed by atoms with van der Waals surface area (Å²) in [6, 6.07) is 8.46. The second-order valence-corrected chi connectivity index (χ2v) is 8.34. The van der Waals surface area contributed by atoms with Crippen LogP contribution in [0, 0.1) is 15.9 Å². The van der Waals surface area contributed by atoms with Crippen LogP contribution in [0.4, 0.5) is 10.1 Å². The second kappa shape index (κ2) is 9.02. The van der Waals surface area contributed by atoms with E-state index in [0.29, 0.717) is 11.3 Å². The third-order valence-corrected chi connectivity index (χ3v) is 6.21. The third kappa shape index (κ3) is 4.01. The highest BCUT2D eigenvalue weighted by Gasteiger charge is 2.33. The van der Waals surface area contributed by atoms with Crippen molar-refractivity contribution in [2.24, 2.45) is 4.99 Å². The van der Waals surface area contributed by atoms with Gasteiger partial charge in [0.2, 0.25) is 5.75 Å². The molecule has 0 saturated carbocycles. The predicted molar refractivity (Wildman–Crippen MR) is 122 cm³/mol. The molecule has 9 nitrogen and oxygen atoms in total. The molecule has 34 heavy (non-hydrogen) atoms. The summed E-state index contributed by atoms with van der Waals surface area (Å²) in [5.74, 6) is -1.70. The number of ether oxygens (including phenoxy) is 1. The summed E-state index contributed by atoms with van der Waals surface area (Å²) >= 11 is 0.999. The number of carbonyl (C=O) groups is 1. The Bertz CT molecular complexity index is 1520. The number of aromatic nitrogens is 1. The van der Waals surface area contributed by atoms with Gasteiger partial charge in [-0.05, 0) is 37.6 Å². The van der Waals surface area contributed by atoms with Crippen LogP contribution in [0.1, 0.15) is 31.0 Å². The zero-order valence-electron chi connectivity index (χ0n) is 18.0. The number of fused-ring (bicyclic) bond motifs is 1. The molecule has 0 spiro atoms. The van der Waals surface area contributed by atoms with Crippen LogP contribution < -0.4 is 14.9 Å². The van der Waals surface area contributed by atoms with E-state index in [9.17, 15) is 29.2 Å². The lowest BCUT2D eigenvalue weighted by molar-refractivity contribution is -0.385. The number of phenols is 1. The smallest absolute Gasteiger partial charge is 0.338 e. The Kier molecular flexibility index (Phi) is 6.12. The zero-order valence-corrected chi connectivity index (χ0v) is 18.8. The molecule has 1 N–H and O–H groups in total. The highest BCUT2D eigenvalue weighted by atomic mass is 32.1. The maximum atomic E-state index is 13.6. The van der Waals surface area contributed by atoms with Gasteiger partial charge in [0.15, 0.2) is 4.80 Å². The fraction of sp³-hybridized carbons (Fsp3) is 0.174. The van der Waals surface area contributed by atoms with Crippen molar-refractivity contribution < 1.29 is 24.0 Å². The Hall–Kier alpha value is -4.12. The van der Waals surface area contributed by atoms with Crippen LogP contribution in [-0.4, -0.2) is 27.2 Å². The molecule has 1 aromatic heterocycles. The van der Waals surface area contributed by atoms with Crippen molar-refractivity contribution in [1.29, 1.82) is 0 Å². The van der Waals surface area contributed by atoms with E-state index >= 15 is 0 Å². The first-order chi connectivity index (χ1) is 16.2. The minimum absolute atomic E-state index is 0.0825. The van der Waals surface area contributed by atoms with Crippen molar-refractivity contribution in [3.8, 4) is 5.75 Å². The summed E-state index contributed by atoms with van der Waals surface area (Å²) in [6.07, 6.45) is 1.33. The van der Waals surface area contributed by atoms with Crippen molar-refractivity contribution in [1.82, 2.24) is 4.57 Å². The average molecular weight is 483 g/mol. The molecule has 11 heteroatoms. The van der Waals surface area contributed by atoms with Gasteiger partial charge in [0.25, 0.3) is 5.56 Å². The topological polar surface area (TPSA) is 124 Å². The van der Waals surface area contributed by atoms with Crippen LogP contribution >= 0.6 is 11.3 Å². The molecule has 2 aromatic carbocycles. The third-order valence-electron chi connectivity index (χ3n) is 5.23. The number of nitro groups is 1. The van der Waals surface area contributed by atoms with E-state index in [4.69, 9.17) is 4.74 Å². The number of nitro benzene ring substituents is 1. The summed E-state index contributed by atoms with van der Waals surface area (Å²) in [5, 5.41) is 21.4. The molecule has 3 aromatic rings. The molecule has 174 valence electrons. The van der Waals surface area contributed by atoms with Gasteiger partial charge in [-0.25, -0.2) is 14.2 Å². The molecule has 0 aliphatic carbocycles. The number of allylic oxidation sites excluding steroid dienone is 1. The summed E-state index contributed by atoms with van der Waals surface area (Å²) in [7, 11) is 0. The Morgan fingerprint density at radius 1 is 1.32 bits per heavy atom. The van der Waals surface area contributed by atoms with Gasteiger partial charge >= 0.3 is 11.7 Å². The molecule has 0 radical (unpaired) electrons. The SMILES string of the molecule is CCOC(=O)C1=C(C)N=c2s/c(=C/c3cccc([N+](=O)[O-])c3O)c(=O)n2C1c1ccc(F)cc1. The van der Waals surface area contributed by atoms with Crippen molar-refractivity contribution >= 4 is 29.1 Å². The molecule has 4 rings (SSSR count). The Balaban J connectivity index is 1.97. The number of halogens is 1. The molecule has 1 aliphatic rings. The number of benzene rings is 2. The van der Waals surface area contributed by atoms with E-state index in [2.05, 4.69) is 4.99 Å². The molecule has 1 atom stereocenters. The number of carbonyl (C=O) groups excluding carboxylic acids is 1. The first kappa shape index (κ1) is 23.1. The fourth-order valence-corrected chi connectivity index (χ4v) is 4.74. The Morgan fingerprint density at radius 3 is 2.68 bits per heavy atom. The molecule has 1 aliphatic heterocycles. The van der Waals surface area contributed by atoms with E-state index in [0.717, 1.165) is 17.4 Å². The Morgan fingerprint density at radius 2 is 2.03 bits per heavy atom. The number of rotatable bonds is 5. The van der Waals surface area contributed by atoms with E-state index in [1.807, 2.05) is 0 Å². The lowest BCUT2D eigenvalue weighted by Gasteiger charge is -2.24. The van der Waals surface area contributed by atoms with E-state index in [-0.39, 0.29) is 27.1 Å². The van der Waals surface area contributed by atoms with Gasteiger partial charge < -0.3 is 9.84 Å². The molecular formula is C23H18FN3O6S. The van der Waals surface area contributed by atoms with Crippen LogP contribution in [0.25, 0.3) is 6.08 Å². The zero-order chi connectivity index (χ0) is 24.6. The molecule has 0 amide bonds. The largest absolute Gasteiger partial charge is 0.502 e. The van der Waals surface area contributed by atoms with Gasteiger partial charge in [0, 0.05) is 11.6 Å². The highest BCUT2D eigenvalue weighted by Crippen LogP contribution is 2.31. The maximum absolute atomic E-state index is 13.6. The number of thiazole rings is 1. The number of phenolic OH excluding ortho intramolecular Hbond substituents is 1. The minimum atomic E-state index is -0.920. The average Bonchev–Trinajstić information content (AvgIpc) is 3.09. The molecular weight excluding hydrogens is 465 g/mol. The fourth-order valence-electron chi connectivity index (χ4n) is 3.71.